The molecule has 0 bridgehead atoms. The van der Waals surface area contributed by atoms with E-state index in [2.05, 4.69) is 49.6 Å². The van der Waals surface area contributed by atoms with Crippen LogP contribution in [-0.4, -0.2) is 18.2 Å². The molecule has 2 N–H and O–H groups in total. The van der Waals surface area contributed by atoms with Gasteiger partial charge in [0.1, 0.15) is 0 Å². The first-order valence-corrected chi connectivity index (χ1v) is 8.56. The van der Waals surface area contributed by atoms with E-state index in [1.807, 2.05) is 13.0 Å². The zero-order valence-electron chi connectivity index (χ0n) is 15.3. The summed E-state index contributed by atoms with van der Waals surface area (Å²) in [5.41, 5.74) is 5.94. The van der Waals surface area contributed by atoms with Gasteiger partial charge in [0.25, 0.3) is 0 Å². The van der Waals surface area contributed by atoms with Crippen LogP contribution in [0.5, 0.6) is 0 Å². The lowest BCUT2D eigenvalue weighted by molar-refractivity contribution is 0.0601. The van der Waals surface area contributed by atoms with E-state index in [1.165, 1.54) is 23.8 Å². The van der Waals surface area contributed by atoms with Gasteiger partial charge in [0.2, 0.25) is 0 Å². The summed E-state index contributed by atoms with van der Waals surface area (Å²) in [7, 11) is 1.37. The van der Waals surface area contributed by atoms with E-state index in [0.717, 1.165) is 11.3 Å². The lowest BCUT2D eigenvalue weighted by atomic mass is 10.0. The number of methoxy groups -OCH3 is 1. The van der Waals surface area contributed by atoms with Crippen LogP contribution in [0, 0.1) is 20.8 Å². The van der Waals surface area contributed by atoms with E-state index in [4.69, 9.17) is 17.0 Å². The molecule has 1 unspecified atom stereocenters. The maximum Gasteiger partial charge on any atom is 0.337 e. The maximum atomic E-state index is 11.7. The highest BCUT2D eigenvalue weighted by Crippen LogP contribution is 2.20. The number of ether oxygens (including phenoxy) is 1. The zero-order valence-corrected chi connectivity index (χ0v) is 16.1. The van der Waals surface area contributed by atoms with Crippen molar-refractivity contribution in [1.82, 2.24) is 5.32 Å². The highest BCUT2D eigenvalue weighted by atomic mass is 32.1. The van der Waals surface area contributed by atoms with Gasteiger partial charge >= 0.3 is 5.97 Å². The third kappa shape index (κ3) is 4.79. The van der Waals surface area contributed by atoms with Crippen LogP contribution < -0.4 is 10.6 Å². The average Bonchev–Trinajstić information content (AvgIpc) is 2.55. The molecule has 0 aliphatic rings. The second-order valence-corrected chi connectivity index (χ2v) is 6.61. The van der Waals surface area contributed by atoms with E-state index >= 15 is 0 Å². The third-order valence-corrected chi connectivity index (χ3v) is 4.37. The Morgan fingerprint density at radius 3 is 2.44 bits per heavy atom. The molecule has 0 heterocycles. The largest absolute Gasteiger partial charge is 0.465 e. The molecule has 0 saturated carbocycles. The first-order chi connectivity index (χ1) is 11.8. The molecular weight excluding hydrogens is 332 g/mol. The Bertz CT molecular complexity index is 802. The molecule has 1 atom stereocenters. The number of benzene rings is 2. The fourth-order valence-electron chi connectivity index (χ4n) is 2.75. The summed E-state index contributed by atoms with van der Waals surface area (Å²) < 4.78 is 4.77. The number of carbonyl (C=O) groups is 1. The second kappa shape index (κ2) is 8.12. The Morgan fingerprint density at radius 1 is 1.08 bits per heavy atom. The van der Waals surface area contributed by atoms with Crippen molar-refractivity contribution in [2.45, 2.75) is 33.7 Å². The first-order valence-electron chi connectivity index (χ1n) is 8.15. The molecular formula is C20H24N2O2S. The van der Waals surface area contributed by atoms with Crippen molar-refractivity contribution in [3.8, 4) is 0 Å². The van der Waals surface area contributed by atoms with E-state index in [9.17, 15) is 4.79 Å². The minimum Gasteiger partial charge on any atom is -0.465 e. The Morgan fingerprint density at radius 2 is 1.80 bits per heavy atom. The number of esters is 1. The SMILES string of the molecule is COC(=O)c1ccc(C)c(NC(=S)NC(C)c2ccc(C)cc2C)c1. The van der Waals surface area contributed by atoms with Crippen molar-refractivity contribution in [2.75, 3.05) is 12.4 Å². The van der Waals surface area contributed by atoms with Crippen LogP contribution >= 0.6 is 12.2 Å². The maximum absolute atomic E-state index is 11.7. The molecule has 0 aliphatic carbocycles. The molecule has 2 aromatic carbocycles. The number of nitrogens with one attached hydrogen (secondary N) is 2. The summed E-state index contributed by atoms with van der Waals surface area (Å²) in [4.78, 5) is 11.7. The molecule has 4 nitrogen and oxygen atoms in total. The van der Waals surface area contributed by atoms with Crippen molar-refractivity contribution in [2.24, 2.45) is 0 Å². The Kier molecular flexibility index (Phi) is 6.15. The monoisotopic (exact) mass is 356 g/mol. The van der Waals surface area contributed by atoms with Crippen LogP contribution in [0.1, 0.15) is 45.6 Å². The van der Waals surface area contributed by atoms with Gasteiger partial charge in [-0.3, -0.25) is 0 Å². The van der Waals surface area contributed by atoms with Gasteiger partial charge in [0.15, 0.2) is 5.11 Å². The van der Waals surface area contributed by atoms with E-state index in [0.29, 0.717) is 10.7 Å². The molecule has 2 rings (SSSR count). The Hall–Kier alpha value is -2.40. The number of hydrogen-bond acceptors (Lipinski definition) is 3. The van der Waals surface area contributed by atoms with Gasteiger partial charge in [-0.25, -0.2) is 4.79 Å². The van der Waals surface area contributed by atoms with Crippen LogP contribution in [0.4, 0.5) is 5.69 Å². The van der Waals surface area contributed by atoms with Crippen molar-refractivity contribution in [3.05, 3.63) is 64.2 Å². The molecule has 0 spiro atoms. The second-order valence-electron chi connectivity index (χ2n) is 6.20. The average molecular weight is 356 g/mol. The van der Waals surface area contributed by atoms with E-state index in [-0.39, 0.29) is 12.0 Å². The summed E-state index contributed by atoms with van der Waals surface area (Å²) in [6, 6.07) is 11.8. The van der Waals surface area contributed by atoms with Gasteiger partial charge < -0.3 is 15.4 Å². The molecule has 25 heavy (non-hydrogen) atoms. The fourth-order valence-corrected chi connectivity index (χ4v) is 3.03. The van der Waals surface area contributed by atoms with E-state index in [1.54, 1.807) is 12.1 Å². The smallest absolute Gasteiger partial charge is 0.337 e. The summed E-state index contributed by atoms with van der Waals surface area (Å²) in [6.07, 6.45) is 0. The summed E-state index contributed by atoms with van der Waals surface area (Å²) in [6.45, 7) is 8.21. The molecule has 132 valence electrons. The van der Waals surface area contributed by atoms with E-state index < -0.39 is 0 Å². The molecule has 0 amide bonds. The first kappa shape index (κ1) is 18.9. The molecule has 0 radical (unpaired) electrons. The standard InChI is InChI=1S/C20H24N2O2S/c1-12-6-9-17(14(3)10-12)15(4)21-20(25)22-18-11-16(19(23)24-5)8-7-13(18)2/h6-11,15H,1-5H3,(H2,21,22,25). The van der Waals surface area contributed by atoms with Crippen molar-refractivity contribution in [3.63, 3.8) is 0 Å². The number of rotatable bonds is 4. The highest BCUT2D eigenvalue weighted by molar-refractivity contribution is 7.80. The quantitative estimate of drug-likeness (QED) is 0.626. The molecule has 2 aromatic rings. The highest BCUT2D eigenvalue weighted by Gasteiger charge is 2.12. The van der Waals surface area contributed by atoms with Crippen molar-refractivity contribution >= 4 is 29.0 Å². The molecule has 0 fully saturated rings. The predicted octanol–water partition coefficient (Wildman–Crippen LogP) is 4.45. The van der Waals surface area contributed by atoms with Gasteiger partial charge in [-0.05, 0) is 68.7 Å². The number of thiocarbonyl (C=S) groups is 1. The van der Waals surface area contributed by atoms with Crippen LogP contribution in [0.15, 0.2) is 36.4 Å². The van der Waals surface area contributed by atoms with Gasteiger partial charge in [0, 0.05) is 5.69 Å². The molecule has 0 aromatic heterocycles. The summed E-state index contributed by atoms with van der Waals surface area (Å²) in [5, 5.41) is 6.98. The summed E-state index contributed by atoms with van der Waals surface area (Å²) in [5.74, 6) is -0.370. The topological polar surface area (TPSA) is 50.4 Å². The van der Waals surface area contributed by atoms with Crippen molar-refractivity contribution < 1.29 is 9.53 Å². The lowest BCUT2D eigenvalue weighted by Gasteiger charge is -2.20. The molecule has 0 saturated heterocycles. The summed E-state index contributed by atoms with van der Waals surface area (Å²) >= 11 is 5.44. The van der Waals surface area contributed by atoms with Gasteiger partial charge in [-0.2, -0.15) is 0 Å². The number of anilines is 1. The fraction of sp³-hybridized carbons (Fsp3) is 0.300. The lowest BCUT2D eigenvalue weighted by Crippen LogP contribution is -2.31. The van der Waals surface area contributed by atoms with Gasteiger partial charge in [-0.15, -0.1) is 0 Å². The Balaban J connectivity index is 2.10. The zero-order chi connectivity index (χ0) is 18.6. The van der Waals surface area contributed by atoms with Gasteiger partial charge in [-0.1, -0.05) is 29.8 Å². The normalized spacial score (nSPS) is 11.6. The number of aryl methyl sites for hydroxylation is 3. The minimum absolute atomic E-state index is 0.0738. The Labute approximate surface area is 154 Å². The minimum atomic E-state index is -0.370. The number of hydrogen-bond donors (Lipinski definition) is 2. The van der Waals surface area contributed by atoms with Crippen LogP contribution in [0.3, 0.4) is 0 Å². The third-order valence-electron chi connectivity index (χ3n) is 4.15. The van der Waals surface area contributed by atoms with Crippen LogP contribution in [0.2, 0.25) is 0 Å². The van der Waals surface area contributed by atoms with Crippen LogP contribution in [-0.2, 0) is 4.74 Å². The molecule has 5 heteroatoms. The molecule has 0 aliphatic heterocycles. The van der Waals surface area contributed by atoms with Crippen LogP contribution in [0.25, 0.3) is 0 Å². The predicted molar refractivity (Wildman–Crippen MR) is 106 cm³/mol. The van der Waals surface area contributed by atoms with Crippen molar-refractivity contribution in [1.29, 1.82) is 0 Å². The number of carbonyl (C=O) groups excluding carboxylic acids is 1. The van der Waals surface area contributed by atoms with Gasteiger partial charge in [0.05, 0.1) is 18.7 Å².